The molecule has 0 amide bonds. The van der Waals surface area contributed by atoms with Crippen molar-refractivity contribution < 1.29 is 0 Å². The number of halogens is 1. The Morgan fingerprint density at radius 1 is 1.55 bits per heavy atom. The Bertz CT molecular complexity index is 392. The first-order chi connectivity index (χ1) is 5.27. The molecule has 0 unspecified atom stereocenters. The molecule has 0 fully saturated rings. The Labute approximate surface area is 69.4 Å². The summed E-state index contributed by atoms with van der Waals surface area (Å²) in [4.78, 5) is 4.12. The number of aromatic nitrogens is 2. The quantitative estimate of drug-likeness (QED) is 0.587. The maximum Gasteiger partial charge on any atom is 0.153 e. The van der Waals surface area contributed by atoms with Crippen LogP contribution in [0.4, 0.5) is 0 Å². The van der Waals surface area contributed by atoms with Crippen molar-refractivity contribution in [3.8, 4) is 0 Å². The summed E-state index contributed by atoms with van der Waals surface area (Å²) in [7, 11) is 0. The van der Waals surface area contributed by atoms with E-state index in [0.717, 1.165) is 11.2 Å². The highest BCUT2D eigenvalue weighted by Crippen LogP contribution is 2.15. The Hall–Kier alpha value is -1.02. The zero-order valence-electron chi connectivity index (χ0n) is 6.08. The summed E-state index contributed by atoms with van der Waals surface area (Å²) in [5, 5.41) is 0.565. The number of hydrogen-bond donors (Lipinski definition) is 0. The van der Waals surface area contributed by atoms with Gasteiger partial charge in [0.05, 0.1) is 11.2 Å². The van der Waals surface area contributed by atoms with Gasteiger partial charge in [-0.25, -0.2) is 4.98 Å². The molecule has 2 heterocycles. The summed E-state index contributed by atoms with van der Waals surface area (Å²) >= 11 is 5.87. The molecule has 11 heavy (non-hydrogen) atoms. The summed E-state index contributed by atoms with van der Waals surface area (Å²) in [6.45, 7) is 1.92. The number of nitrogens with zero attached hydrogens (tertiary/aromatic N) is 2. The van der Waals surface area contributed by atoms with Crippen LogP contribution in [-0.4, -0.2) is 9.38 Å². The molecule has 0 saturated heterocycles. The summed E-state index contributed by atoms with van der Waals surface area (Å²) in [5.41, 5.74) is 1.89. The minimum absolute atomic E-state index is 0.565. The fraction of sp³-hybridized carbons (Fsp3) is 0.125. The molecule has 0 atom stereocenters. The molecule has 0 spiro atoms. The van der Waals surface area contributed by atoms with E-state index >= 15 is 0 Å². The van der Waals surface area contributed by atoms with Crippen LogP contribution in [0.1, 0.15) is 5.69 Å². The highest BCUT2D eigenvalue weighted by molar-refractivity contribution is 6.32. The molecule has 56 valence electrons. The van der Waals surface area contributed by atoms with Gasteiger partial charge in [-0.1, -0.05) is 11.6 Å². The lowest BCUT2D eigenvalue weighted by molar-refractivity contribution is 1.08. The van der Waals surface area contributed by atoms with E-state index in [1.54, 1.807) is 0 Å². The van der Waals surface area contributed by atoms with E-state index in [9.17, 15) is 0 Å². The largest absolute Gasteiger partial charge is 0.319 e. The van der Waals surface area contributed by atoms with E-state index in [4.69, 9.17) is 11.6 Å². The fourth-order valence-corrected chi connectivity index (χ4v) is 1.42. The van der Waals surface area contributed by atoms with Gasteiger partial charge in [0, 0.05) is 12.4 Å². The lowest BCUT2D eigenvalue weighted by atomic mass is 10.5. The van der Waals surface area contributed by atoms with Crippen molar-refractivity contribution in [3.63, 3.8) is 0 Å². The second kappa shape index (κ2) is 2.24. The van der Waals surface area contributed by atoms with Crippen molar-refractivity contribution in [3.05, 3.63) is 35.4 Å². The zero-order valence-corrected chi connectivity index (χ0v) is 6.84. The lowest BCUT2D eigenvalue weighted by Gasteiger charge is -1.97. The van der Waals surface area contributed by atoms with Crippen LogP contribution in [0.3, 0.4) is 0 Å². The normalized spacial score (nSPS) is 10.7. The van der Waals surface area contributed by atoms with Crippen molar-refractivity contribution in [1.82, 2.24) is 9.38 Å². The molecule has 2 rings (SSSR count). The molecule has 2 nitrogen and oxygen atoms in total. The van der Waals surface area contributed by atoms with Crippen LogP contribution < -0.4 is 0 Å². The summed E-state index contributed by atoms with van der Waals surface area (Å²) in [5.74, 6) is 0. The SMILES string of the molecule is Cc1cn2cccc2c(Cl)n1. The summed E-state index contributed by atoms with van der Waals surface area (Å²) < 4.78 is 1.96. The Morgan fingerprint density at radius 2 is 2.36 bits per heavy atom. The first-order valence-electron chi connectivity index (χ1n) is 3.37. The third-order valence-electron chi connectivity index (χ3n) is 1.59. The highest BCUT2D eigenvalue weighted by Gasteiger charge is 1.99. The minimum atomic E-state index is 0.565. The average Bonchev–Trinajstić information content (AvgIpc) is 2.34. The van der Waals surface area contributed by atoms with Gasteiger partial charge in [0.2, 0.25) is 0 Å². The van der Waals surface area contributed by atoms with E-state index in [-0.39, 0.29) is 0 Å². The van der Waals surface area contributed by atoms with Crippen LogP contribution in [0.5, 0.6) is 0 Å². The van der Waals surface area contributed by atoms with Gasteiger partial charge >= 0.3 is 0 Å². The topological polar surface area (TPSA) is 17.3 Å². The van der Waals surface area contributed by atoms with Crippen molar-refractivity contribution >= 4 is 17.1 Å². The molecule has 0 aromatic carbocycles. The maximum absolute atomic E-state index is 5.87. The third kappa shape index (κ3) is 0.994. The standard InChI is InChI=1S/C8H7ClN2/c1-6-5-11-4-2-3-7(11)8(9)10-6/h2-5H,1H3. The van der Waals surface area contributed by atoms with E-state index in [0.29, 0.717) is 5.15 Å². The minimum Gasteiger partial charge on any atom is -0.319 e. The summed E-state index contributed by atoms with van der Waals surface area (Å²) in [6, 6.07) is 3.89. The zero-order chi connectivity index (χ0) is 7.84. The van der Waals surface area contributed by atoms with E-state index in [2.05, 4.69) is 4.98 Å². The molecule has 0 aliphatic rings. The van der Waals surface area contributed by atoms with Crippen LogP contribution in [0.15, 0.2) is 24.5 Å². The Kier molecular flexibility index (Phi) is 1.36. The molecule has 3 heteroatoms. The first kappa shape index (κ1) is 6.68. The van der Waals surface area contributed by atoms with Gasteiger partial charge in [-0.15, -0.1) is 0 Å². The number of rotatable bonds is 0. The van der Waals surface area contributed by atoms with Gasteiger partial charge in [-0.2, -0.15) is 0 Å². The third-order valence-corrected chi connectivity index (χ3v) is 1.87. The lowest BCUT2D eigenvalue weighted by Crippen LogP contribution is -1.89. The van der Waals surface area contributed by atoms with Crippen molar-refractivity contribution in [2.75, 3.05) is 0 Å². The highest BCUT2D eigenvalue weighted by atomic mass is 35.5. The molecule has 0 bridgehead atoms. The monoisotopic (exact) mass is 166 g/mol. The number of aryl methyl sites for hydroxylation is 1. The molecular formula is C8H7ClN2. The molecule has 0 radical (unpaired) electrons. The Balaban J connectivity index is 2.91. The van der Waals surface area contributed by atoms with Gasteiger partial charge in [0.25, 0.3) is 0 Å². The van der Waals surface area contributed by atoms with Crippen LogP contribution in [0, 0.1) is 6.92 Å². The van der Waals surface area contributed by atoms with Gasteiger partial charge in [0.1, 0.15) is 0 Å². The van der Waals surface area contributed by atoms with Crippen LogP contribution >= 0.6 is 11.6 Å². The predicted molar refractivity (Wildman–Crippen MR) is 44.9 cm³/mol. The molecule has 2 aromatic heterocycles. The molecule has 0 N–H and O–H groups in total. The van der Waals surface area contributed by atoms with E-state index < -0.39 is 0 Å². The van der Waals surface area contributed by atoms with Gasteiger partial charge in [-0.05, 0) is 19.1 Å². The van der Waals surface area contributed by atoms with Gasteiger partial charge in [0.15, 0.2) is 5.15 Å². The first-order valence-corrected chi connectivity index (χ1v) is 3.75. The van der Waals surface area contributed by atoms with E-state index in [1.807, 2.05) is 35.9 Å². The number of fused-ring (bicyclic) bond motifs is 1. The second-order valence-electron chi connectivity index (χ2n) is 2.47. The molecule has 0 aliphatic heterocycles. The van der Waals surface area contributed by atoms with Gasteiger partial charge < -0.3 is 4.40 Å². The predicted octanol–water partition coefficient (Wildman–Crippen LogP) is 2.30. The van der Waals surface area contributed by atoms with Crippen molar-refractivity contribution in [1.29, 1.82) is 0 Å². The second-order valence-corrected chi connectivity index (χ2v) is 2.83. The van der Waals surface area contributed by atoms with Crippen molar-refractivity contribution in [2.24, 2.45) is 0 Å². The maximum atomic E-state index is 5.87. The smallest absolute Gasteiger partial charge is 0.153 e. The average molecular weight is 167 g/mol. The van der Waals surface area contributed by atoms with Crippen LogP contribution in [0.2, 0.25) is 5.15 Å². The van der Waals surface area contributed by atoms with Gasteiger partial charge in [-0.3, -0.25) is 0 Å². The van der Waals surface area contributed by atoms with Crippen LogP contribution in [0.25, 0.3) is 5.52 Å². The molecule has 0 saturated carbocycles. The Morgan fingerprint density at radius 3 is 3.18 bits per heavy atom. The van der Waals surface area contributed by atoms with E-state index in [1.165, 1.54) is 0 Å². The fourth-order valence-electron chi connectivity index (χ4n) is 1.12. The van der Waals surface area contributed by atoms with Crippen molar-refractivity contribution in [2.45, 2.75) is 6.92 Å². The molecule has 0 aliphatic carbocycles. The number of hydrogen-bond acceptors (Lipinski definition) is 1. The molecule has 2 aromatic rings. The molecular weight excluding hydrogens is 160 g/mol. The summed E-state index contributed by atoms with van der Waals surface area (Å²) in [6.07, 6.45) is 3.90. The van der Waals surface area contributed by atoms with Crippen LogP contribution in [-0.2, 0) is 0 Å².